The van der Waals surface area contributed by atoms with Gasteiger partial charge in [0.15, 0.2) is 0 Å². The lowest BCUT2D eigenvalue weighted by Gasteiger charge is -2.15. The molecule has 0 atom stereocenters. The first-order valence-corrected chi connectivity index (χ1v) is 6.03. The van der Waals surface area contributed by atoms with Gasteiger partial charge in [-0.1, -0.05) is 12.1 Å². The highest BCUT2D eigenvalue weighted by Crippen LogP contribution is 1.93. The van der Waals surface area contributed by atoms with Crippen molar-refractivity contribution >= 4 is 0 Å². The first-order chi connectivity index (χ1) is 8.26. The number of nitrogens with one attached hydrogen (secondary N) is 1. The number of aromatic nitrogens is 3. The van der Waals surface area contributed by atoms with E-state index >= 15 is 0 Å². The Morgan fingerprint density at radius 2 is 2.29 bits per heavy atom. The second-order valence-electron chi connectivity index (χ2n) is 4.05. The molecule has 6 heteroatoms. The fourth-order valence-electron chi connectivity index (χ4n) is 1.41. The number of likely N-dealkylation sites (N-methyl/N-ethyl adjacent to an activating group) is 1. The van der Waals surface area contributed by atoms with Gasteiger partial charge in [-0.3, -0.25) is 4.68 Å². The molecule has 1 aromatic rings. The van der Waals surface area contributed by atoms with Gasteiger partial charge in [-0.05, 0) is 13.6 Å². The van der Waals surface area contributed by atoms with Crippen molar-refractivity contribution in [2.75, 3.05) is 40.4 Å². The van der Waals surface area contributed by atoms with E-state index in [2.05, 4.69) is 34.5 Å². The molecule has 17 heavy (non-hydrogen) atoms. The molecule has 0 fully saturated rings. The molecule has 1 heterocycles. The molecule has 1 rings (SSSR count). The molecule has 0 aromatic carbocycles. The predicted octanol–water partition coefficient (Wildman–Crippen LogP) is -0.0342. The Balaban J connectivity index is 2.24. The number of rotatable bonds is 9. The molecule has 0 bridgehead atoms. The Kier molecular flexibility index (Phi) is 6.76. The molecular weight excluding hydrogens is 218 g/mol. The van der Waals surface area contributed by atoms with Gasteiger partial charge in [-0.2, -0.15) is 0 Å². The van der Waals surface area contributed by atoms with Gasteiger partial charge in [-0.25, -0.2) is 0 Å². The summed E-state index contributed by atoms with van der Waals surface area (Å²) in [5.74, 6) is 0. The normalized spacial score (nSPS) is 11.3. The lowest BCUT2D eigenvalue weighted by Crippen LogP contribution is -2.26. The average molecular weight is 241 g/mol. The van der Waals surface area contributed by atoms with Crippen LogP contribution in [0.25, 0.3) is 0 Å². The van der Waals surface area contributed by atoms with Crippen LogP contribution in [0.3, 0.4) is 0 Å². The van der Waals surface area contributed by atoms with Gasteiger partial charge in [-0.15, -0.1) is 5.10 Å². The molecule has 1 N–H and O–H groups in total. The van der Waals surface area contributed by atoms with Crippen LogP contribution >= 0.6 is 0 Å². The van der Waals surface area contributed by atoms with Gasteiger partial charge in [0, 0.05) is 32.9 Å². The van der Waals surface area contributed by atoms with Crippen molar-refractivity contribution in [1.29, 1.82) is 0 Å². The second kappa shape index (κ2) is 8.16. The third-order valence-corrected chi connectivity index (χ3v) is 2.53. The van der Waals surface area contributed by atoms with Crippen LogP contribution in [0.1, 0.15) is 12.6 Å². The van der Waals surface area contributed by atoms with Crippen molar-refractivity contribution in [3.63, 3.8) is 0 Å². The van der Waals surface area contributed by atoms with E-state index in [1.165, 1.54) is 0 Å². The van der Waals surface area contributed by atoms with E-state index in [1.807, 2.05) is 10.9 Å². The molecule has 0 spiro atoms. The van der Waals surface area contributed by atoms with E-state index < -0.39 is 0 Å². The van der Waals surface area contributed by atoms with Crippen LogP contribution in [0.15, 0.2) is 6.20 Å². The summed E-state index contributed by atoms with van der Waals surface area (Å²) < 4.78 is 6.91. The number of nitrogens with zero attached hydrogens (tertiary/aromatic N) is 4. The van der Waals surface area contributed by atoms with Crippen LogP contribution in [0.5, 0.6) is 0 Å². The standard InChI is InChI=1S/C11H23N5O/c1-4-12-9-11-10-16(14-13-11)6-5-15(2)7-8-17-3/h10,12H,4-9H2,1-3H3. The highest BCUT2D eigenvalue weighted by Gasteiger charge is 2.02. The van der Waals surface area contributed by atoms with Gasteiger partial charge >= 0.3 is 0 Å². The summed E-state index contributed by atoms with van der Waals surface area (Å²) in [4.78, 5) is 2.22. The molecule has 0 unspecified atom stereocenters. The third-order valence-electron chi connectivity index (χ3n) is 2.53. The minimum absolute atomic E-state index is 0.763. The molecular formula is C11H23N5O. The van der Waals surface area contributed by atoms with Crippen LogP contribution in [0.4, 0.5) is 0 Å². The summed E-state index contributed by atoms with van der Waals surface area (Å²) in [5, 5.41) is 11.4. The van der Waals surface area contributed by atoms with E-state index in [0.717, 1.165) is 45.0 Å². The van der Waals surface area contributed by atoms with E-state index in [4.69, 9.17) is 4.74 Å². The Labute approximate surface area is 103 Å². The number of ether oxygens (including phenoxy) is 1. The fourth-order valence-corrected chi connectivity index (χ4v) is 1.41. The monoisotopic (exact) mass is 241 g/mol. The van der Waals surface area contributed by atoms with Crippen molar-refractivity contribution in [3.8, 4) is 0 Å². The zero-order chi connectivity index (χ0) is 12.5. The Morgan fingerprint density at radius 1 is 1.47 bits per heavy atom. The highest BCUT2D eigenvalue weighted by molar-refractivity contribution is 4.91. The van der Waals surface area contributed by atoms with E-state index in [9.17, 15) is 0 Å². The zero-order valence-corrected chi connectivity index (χ0v) is 11.0. The first kappa shape index (κ1) is 14.1. The lowest BCUT2D eigenvalue weighted by atomic mass is 10.4. The molecule has 0 amide bonds. The molecule has 0 aliphatic rings. The largest absolute Gasteiger partial charge is 0.383 e. The molecule has 6 nitrogen and oxygen atoms in total. The minimum atomic E-state index is 0.763. The zero-order valence-electron chi connectivity index (χ0n) is 11.0. The maximum absolute atomic E-state index is 5.03. The van der Waals surface area contributed by atoms with E-state index in [0.29, 0.717) is 0 Å². The fraction of sp³-hybridized carbons (Fsp3) is 0.818. The van der Waals surface area contributed by atoms with Crippen LogP contribution in [-0.4, -0.2) is 60.3 Å². The van der Waals surface area contributed by atoms with Crippen molar-refractivity contribution in [1.82, 2.24) is 25.2 Å². The lowest BCUT2D eigenvalue weighted by molar-refractivity contribution is 0.158. The summed E-state index contributed by atoms with van der Waals surface area (Å²) in [6.45, 7) is 7.33. The van der Waals surface area contributed by atoms with Gasteiger partial charge in [0.05, 0.1) is 18.8 Å². The van der Waals surface area contributed by atoms with Crippen LogP contribution in [-0.2, 0) is 17.8 Å². The Morgan fingerprint density at radius 3 is 3.00 bits per heavy atom. The topological polar surface area (TPSA) is 55.2 Å². The number of methoxy groups -OCH3 is 1. The molecule has 98 valence electrons. The highest BCUT2D eigenvalue weighted by atomic mass is 16.5. The Hall–Kier alpha value is -0.980. The summed E-state index contributed by atoms with van der Waals surface area (Å²) in [5.41, 5.74) is 0.992. The summed E-state index contributed by atoms with van der Waals surface area (Å²) in [6.07, 6.45) is 1.99. The van der Waals surface area contributed by atoms with Gasteiger partial charge in [0.1, 0.15) is 0 Å². The Bertz CT molecular complexity index is 302. The van der Waals surface area contributed by atoms with Gasteiger partial charge in [0.25, 0.3) is 0 Å². The van der Waals surface area contributed by atoms with Crippen molar-refractivity contribution in [3.05, 3.63) is 11.9 Å². The number of hydrogen-bond donors (Lipinski definition) is 1. The van der Waals surface area contributed by atoms with Crippen molar-refractivity contribution < 1.29 is 4.74 Å². The molecule has 0 radical (unpaired) electrons. The molecule has 0 aliphatic heterocycles. The maximum Gasteiger partial charge on any atom is 0.0964 e. The van der Waals surface area contributed by atoms with Crippen molar-refractivity contribution in [2.45, 2.75) is 20.0 Å². The summed E-state index contributed by atoms with van der Waals surface area (Å²) in [7, 11) is 3.80. The third kappa shape index (κ3) is 5.76. The minimum Gasteiger partial charge on any atom is -0.383 e. The smallest absolute Gasteiger partial charge is 0.0964 e. The quantitative estimate of drug-likeness (QED) is 0.658. The van der Waals surface area contributed by atoms with Crippen LogP contribution < -0.4 is 5.32 Å². The maximum atomic E-state index is 5.03. The van der Waals surface area contributed by atoms with E-state index in [1.54, 1.807) is 7.11 Å². The number of hydrogen-bond acceptors (Lipinski definition) is 5. The molecule has 0 saturated carbocycles. The van der Waals surface area contributed by atoms with E-state index in [-0.39, 0.29) is 0 Å². The predicted molar refractivity (Wildman–Crippen MR) is 66.8 cm³/mol. The second-order valence-corrected chi connectivity index (χ2v) is 4.05. The average Bonchev–Trinajstić information content (AvgIpc) is 2.79. The summed E-state index contributed by atoms with van der Waals surface area (Å²) >= 11 is 0. The van der Waals surface area contributed by atoms with Crippen LogP contribution in [0.2, 0.25) is 0 Å². The SMILES string of the molecule is CCNCc1cn(CCN(C)CCOC)nn1. The first-order valence-electron chi connectivity index (χ1n) is 6.03. The molecule has 0 saturated heterocycles. The summed E-state index contributed by atoms with van der Waals surface area (Å²) in [6, 6.07) is 0. The molecule has 0 aliphatic carbocycles. The van der Waals surface area contributed by atoms with Crippen LogP contribution in [0, 0.1) is 0 Å². The van der Waals surface area contributed by atoms with Gasteiger partial charge < -0.3 is 15.0 Å². The van der Waals surface area contributed by atoms with Crippen molar-refractivity contribution in [2.24, 2.45) is 0 Å². The van der Waals surface area contributed by atoms with Gasteiger partial charge in [0.2, 0.25) is 0 Å². The molecule has 1 aromatic heterocycles.